The molecule has 0 aliphatic heterocycles. The summed E-state index contributed by atoms with van der Waals surface area (Å²) < 4.78 is 0. The van der Waals surface area contributed by atoms with E-state index in [9.17, 15) is 9.90 Å². The summed E-state index contributed by atoms with van der Waals surface area (Å²) in [5.41, 5.74) is -0.0781. The number of likely N-dealkylation sites (N-methyl/N-ethyl adjacent to an activating group) is 1. The highest BCUT2D eigenvalue weighted by Gasteiger charge is 2.38. The second kappa shape index (κ2) is 6.52. The van der Waals surface area contributed by atoms with Crippen LogP contribution in [0.15, 0.2) is 30.3 Å². The fraction of sp³-hybridized carbons (Fsp3) is 0.500. The zero-order valence-electron chi connectivity index (χ0n) is 11.2. The predicted octanol–water partition coefficient (Wildman–Crippen LogP) is 2.35. The number of aliphatic carboxylic acids is 1. The number of rotatable bonds is 7. The second-order valence-electron chi connectivity index (χ2n) is 4.57. The van der Waals surface area contributed by atoms with Crippen molar-refractivity contribution >= 4 is 5.97 Å². The molecule has 0 radical (unpaired) electrons. The van der Waals surface area contributed by atoms with E-state index in [0.717, 1.165) is 12.0 Å². The van der Waals surface area contributed by atoms with E-state index in [0.29, 0.717) is 13.0 Å². The lowest BCUT2D eigenvalue weighted by Gasteiger charge is -2.34. The zero-order valence-corrected chi connectivity index (χ0v) is 11.2. The fourth-order valence-electron chi connectivity index (χ4n) is 1.69. The van der Waals surface area contributed by atoms with Crippen LogP contribution >= 0.6 is 0 Å². The molecule has 4 nitrogen and oxygen atoms in total. The van der Waals surface area contributed by atoms with Gasteiger partial charge in [-0.2, -0.15) is 5.06 Å². The van der Waals surface area contributed by atoms with E-state index in [1.165, 1.54) is 5.06 Å². The Kier molecular flexibility index (Phi) is 5.31. The van der Waals surface area contributed by atoms with Gasteiger partial charge in [-0.05, 0) is 18.9 Å². The van der Waals surface area contributed by atoms with Gasteiger partial charge in [-0.15, -0.1) is 0 Å². The van der Waals surface area contributed by atoms with Crippen molar-refractivity contribution in [1.82, 2.24) is 5.06 Å². The highest BCUT2D eigenvalue weighted by atomic mass is 16.7. The topological polar surface area (TPSA) is 49.8 Å². The molecule has 0 aliphatic rings. The zero-order chi connectivity index (χ0) is 13.6. The number of hydroxylamine groups is 2. The monoisotopic (exact) mass is 251 g/mol. The van der Waals surface area contributed by atoms with E-state index in [2.05, 4.69) is 0 Å². The molecule has 0 aliphatic carbocycles. The summed E-state index contributed by atoms with van der Waals surface area (Å²) in [4.78, 5) is 17.0. The average Bonchev–Trinajstić information content (AvgIpc) is 2.36. The van der Waals surface area contributed by atoms with Gasteiger partial charge in [0, 0.05) is 13.5 Å². The molecule has 0 saturated heterocycles. The SMILES string of the molecule is CCCON(C)[C@@](C)(Cc1ccccc1)C(=O)O. The molecule has 0 heterocycles. The molecular weight excluding hydrogens is 230 g/mol. The number of nitrogens with zero attached hydrogens (tertiary/aromatic N) is 1. The Bertz CT molecular complexity index is 380. The van der Waals surface area contributed by atoms with Crippen molar-refractivity contribution in [2.24, 2.45) is 0 Å². The Morgan fingerprint density at radius 2 is 2.00 bits per heavy atom. The van der Waals surface area contributed by atoms with Crippen molar-refractivity contribution in [2.75, 3.05) is 13.7 Å². The quantitative estimate of drug-likeness (QED) is 0.756. The van der Waals surface area contributed by atoms with Gasteiger partial charge < -0.3 is 5.11 Å². The molecule has 1 rings (SSSR count). The van der Waals surface area contributed by atoms with Gasteiger partial charge in [0.25, 0.3) is 0 Å². The Morgan fingerprint density at radius 3 is 2.50 bits per heavy atom. The van der Waals surface area contributed by atoms with Crippen LogP contribution in [0.1, 0.15) is 25.8 Å². The number of carboxylic acid groups (broad SMARTS) is 1. The molecule has 100 valence electrons. The standard InChI is InChI=1S/C14H21NO3/c1-4-10-18-15(3)14(2,13(16)17)11-12-8-6-5-7-9-12/h5-9H,4,10-11H2,1-3H3,(H,16,17)/t14-/m0/s1. The van der Waals surface area contributed by atoms with Gasteiger partial charge in [0.1, 0.15) is 5.54 Å². The summed E-state index contributed by atoms with van der Waals surface area (Å²) in [6, 6.07) is 9.58. The molecule has 0 spiro atoms. The minimum atomic E-state index is -1.06. The molecule has 0 saturated carbocycles. The third-order valence-corrected chi connectivity index (χ3v) is 3.04. The molecule has 0 aromatic heterocycles. The lowest BCUT2D eigenvalue weighted by molar-refractivity contribution is -0.213. The fourth-order valence-corrected chi connectivity index (χ4v) is 1.69. The van der Waals surface area contributed by atoms with Crippen molar-refractivity contribution in [3.63, 3.8) is 0 Å². The van der Waals surface area contributed by atoms with E-state index in [-0.39, 0.29) is 0 Å². The van der Waals surface area contributed by atoms with Crippen LogP contribution in [0, 0.1) is 0 Å². The average molecular weight is 251 g/mol. The van der Waals surface area contributed by atoms with Gasteiger partial charge in [-0.1, -0.05) is 37.3 Å². The summed E-state index contributed by atoms with van der Waals surface area (Å²) in [6.07, 6.45) is 1.26. The second-order valence-corrected chi connectivity index (χ2v) is 4.57. The first-order valence-corrected chi connectivity index (χ1v) is 6.14. The number of benzene rings is 1. The minimum Gasteiger partial charge on any atom is -0.480 e. The van der Waals surface area contributed by atoms with Crippen LogP contribution in [-0.4, -0.2) is 35.3 Å². The summed E-state index contributed by atoms with van der Waals surface area (Å²) in [5.74, 6) is -0.884. The van der Waals surface area contributed by atoms with Gasteiger partial charge >= 0.3 is 5.97 Å². The Balaban J connectivity index is 2.83. The normalized spacial score (nSPS) is 14.4. The van der Waals surface area contributed by atoms with E-state index in [4.69, 9.17) is 4.84 Å². The van der Waals surface area contributed by atoms with Crippen LogP contribution in [-0.2, 0) is 16.1 Å². The largest absolute Gasteiger partial charge is 0.480 e. The first-order chi connectivity index (χ1) is 8.50. The predicted molar refractivity (Wildman–Crippen MR) is 70.2 cm³/mol. The molecule has 0 bridgehead atoms. The van der Waals surface area contributed by atoms with Crippen molar-refractivity contribution in [2.45, 2.75) is 32.2 Å². The van der Waals surface area contributed by atoms with Crippen LogP contribution in [0.2, 0.25) is 0 Å². The smallest absolute Gasteiger partial charge is 0.326 e. The molecule has 0 amide bonds. The number of carboxylic acids is 1. The molecule has 1 aromatic carbocycles. The first kappa shape index (κ1) is 14.7. The van der Waals surface area contributed by atoms with Crippen LogP contribution in [0.25, 0.3) is 0 Å². The maximum Gasteiger partial charge on any atom is 0.326 e. The molecule has 1 atom stereocenters. The Hall–Kier alpha value is -1.39. The summed E-state index contributed by atoms with van der Waals surface area (Å²) in [6.45, 7) is 4.19. The van der Waals surface area contributed by atoms with Crippen LogP contribution in [0.3, 0.4) is 0 Å². The van der Waals surface area contributed by atoms with Gasteiger partial charge in [-0.25, -0.2) is 0 Å². The number of carbonyl (C=O) groups is 1. The third kappa shape index (κ3) is 3.55. The van der Waals surface area contributed by atoms with Crippen LogP contribution in [0.5, 0.6) is 0 Å². The van der Waals surface area contributed by atoms with E-state index < -0.39 is 11.5 Å². The van der Waals surface area contributed by atoms with E-state index >= 15 is 0 Å². The van der Waals surface area contributed by atoms with Crippen molar-refractivity contribution in [3.05, 3.63) is 35.9 Å². The lowest BCUT2D eigenvalue weighted by Crippen LogP contribution is -2.52. The molecule has 18 heavy (non-hydrogen) atoms. The highest BCUT2D eigenvalue weighted by molar-refractivity contribution is 5.78. The van der Waals surface area contributed by atoms with Gasteiger partial charge in [0.15, 0.2) is 0 Å². The molecule has 0 unspecified atom stereocenters. The number of hydrogen-bond acceptors (Lipinski definition) is 3. The van der Waals surface area contributed by atoms with Crippen molar-refractivity contribution in [3.8, 4) is 0 Å². The summed E-state index contributed by atoms with van der Waals surface area (Å²) in [7, 11) is 1.67. The summed E-state index contributed by atoms with van der Waals surface area (Å²) in [5, 5.41) is 10.9. The third-order valence-electron chi connectivity index (χ3n) is 3.04. The van der Waals surface area contributed by atoms with Crippen molar-refractivity contribution < 1.29 is 14.7 Å². The van der Waals surface area contributed by atoms with Crippen LogP contribution < -0.4 is 0 Å². The maximum atomic E-state index is 11.5. The molecule has 4 heteroatoms. The lowest BCUT2D eigenvalue weighted by atomic mass is 9.93. The van der Waals surface area contributed by atoms with E-state index in [1.54, 1.807) is 14.0 Å². The number of hydrogen-bond donors (Lipinski definition) is 1. The molecule has 1 N–H and O–H groups in total. The first-order valence-electron chi connectivity index (χ1n) is 6.14. The summed E-state index contributed by atoms with van der Waals surface area (Å²) >= 11 is 0. The Morgan fingerprint density at radius 1 is 1.39 bits per heavy atom. The van der Waals surface area contributed by atoms with Gasteiger partial charge in [-0.3, -0.25) is 9.63 Å². The van der Waals surface area contributed by atoms with Gasteiger partial charge in [0.05, 0.1) is 6.61 Å². The van der Waals surface area contributed by atoms with Crippen LogP contribution in [0.4, 0.5) is 0 Å². The maximum absolute atomic E-state index is 11.5. The van der Waals surface area contributed by atoms with Gasteiger partial charge in [0.2, 0.25) is 0 Å². The van der Waals surface area contributed by atoms with Crippen molar-refractivity contribution in [1.29, 1.82) is 0 Å². The molecular formula is C14H21NO3. The molecule has 0 fully saturated rings. The highest BCUT2D eigenvalue weighted by Crippen LogP contribution is 2.20. The minimum absolute atomic E-state index is 0.406. The van der Waals surface area contributed by atoms with E-state index in [1.807, 2.05) is 37.3 Å². The molecule has 1 aromatic rings. The Labute approximate surface area is 108 Å².